The van der Waals surface area contributed by atoms with E-state index >= 15 is 0 Å². The third-order valence-corrected chi connectivity index (χ3v) is 9.05. The largest absolute Gasteiger partial charge is 0.409 e. The van der Waals surface area contributed by atoms with Gasteiger partial charge in [0.2, 0.25) is 0 Å². The molecule has 3 aliphatic rings. The highest BCUT2D eigenvalue weighted by molar-refractivity contribution is 7.99. The molecule has 6 rings (SSSR count). The number of carbonyl (C=O) groups is 1. The summed E-state index contributed by atoms with van der Waals surface area (Å²) >= 11 is 12.0. The SMILES string of the molecule is O=C(c1ccccc1)N1CC2(C1)OCc1cc(C3=NSC(c4cc(Cl)c(F)c(Cl)c4)(C(F)(F)F)C3)ccc12. The maximum Gasteiger partial charge on any atom is 0.409 e. The summed E-state index contributed by atoms with van der Waals surface area (Å²) in [4.78, 5) is 14.5. The summed E-state index contributed by atoms with van der Waals surface area (Å²) in [5.74, 6) is -1.04. The van der Waals surface area contributed by atoms with E-state index in [0.717, 1.165) is 23.3 Å². The van der Waals surface area contributed by atoms with Crippen LogP contribution in [0.15, 0.2) is 65.1 Å². The van der Waals surface area contributed by atoms with Crippen molar-refractivity contribution in [3.05, 3.63) is 104 Å². The third-order valence-electron chi connectivity index (χ3n) is 7.27. The zero-order chi connectivity index (χ0) is 26.9. The van der Waals surface area contributed by atoms with Crippen LogP contribution >= 0.6 is 35.1 Å². The standard InChI is InChI=1S/C27H18Cl2F4N2O2S/c28-20-9-18(10-21(29)23(20)30)26(27(31,32)33)11-22(34-38-26)16-6-7-19-17(8-16)12-37-25(19)13-35(14-25)24(36)15-4-2-1-3-5-15/h1-10H,11-14H2. The van der Waals surface area contributed by atoms with Crippen LogP contribution < -0.4 is 0 Å². The molecule has 0 aliphatic carbocycles. The molecular formula is C27H18Cl2F4N2O2S. The van der Waals surface area contributed by atoms with E-state index < -0.39 is 38.8 Å². The number of amides is 1. The molecule has 0 N–H and O–H groups in total. The van der Waals surface area contributed by atoms with E-state index in [2.05, 4.69) is 4.40 Å². The first kappa shape index (κ1) is 25.7. The van der Waals surface area contributed by atoms with Crippen LogP contribution in [0.25, 0.3) is 0 Å². The Morgan fingerprint density at radius 1 is 1.03 bits per heavy atom. The lowest BCUT2D eigenvalue weighted by atomic mass is 9.83. The summed E-state index contributed by atoms with van der Waals surface area (Å²) in [5, 5.41) is -0.962. The Hall–Kier alpha value is -2.59. The molecule has 0 aromatic heterocycles. The predicted molar refractivity (Wildman–Crippen MR) is 138 cm³/mol. The smallest absolute Gasteiger partial charge is 0.362 e. The van der Waals surface area contributed by atoms with Gasteiger partial charge in [-0.25, -0.2) is 8.79 Å². The van der Waals surface area contributed by atoms with E-state index in [1.807, 2.05) is 24.3 Å². The number of hydrogen-bond donors (Lipinski definition) is 0. The fraction of sp³-hybridized carbons (Fsp3) is 0.259. The topological polar surface area (TPSA) is 41.9 Å². The number of rotatable bonds is 3. The van der Waals surface area contributed by atoms with Gasteiger partial charge in [0, 0.05) is 12.0 Å². The van der Waals surface area contributed by atoms with Crippen molar-refractivity contribution in [3.8, 4) is 0 Å². The third kappa shape index (κ3) is 3.94. The monoisotopic (exact) mass is 580 g/mol. The van der Waals surface area contributed by atoms with Crippen LogP contribution in [0.1, 0.15) is 39.0 Å². The molecule has 1 spiro atoms. The van der Waals surface area contributed by atoms with Gasteiger partial charge in [-0.2, -0.15) is 13.2 Å². The Kier molecular flexibility index (Phi) is 6.07. The predicted octanol–water partition coefficient (Wildman–Crippen LogP) is 7.31. The second-order valence-electron chi connectivity index (χ2n) is 9.57. The van der Waals surface area contributed by atoms with Crippen molar-refractivity contribution >= 4 is 46.8 Å². The summed E-state index contributed by atoms with van der Waals surface area (Å²) < 4.78 is 65.0. The van der Waals surface area contributed by atoms with Crippen LogP contribution in [0.4, 0.5) is 17.6 Å². The summed E-state index contributed by atoms with van der Waals surface area (Å²) in [5.41, 5.74) is 2.28. The molecule has 1 fully saturated rings. The van der Waals surface area contributed by atoms with Gasteiger partial charge < -0.3 is 9.64 Å². The highest BCUT2D eigenvalue weighted by Gasteiger charge is 2.60. The molecule has 1 saturated heterocycles. The lowest BCUT2D eigenvalue weighted by Gasteiger charge is -2.47. The Balaban J connectivity index is 1.24. The Morgan fingerprint density at radius 2 is 1.71 bits per heavy atom. The van der Waals surface area contributed by atoms with Crippen molar-refractivity contribution in [2.75, 3.05) is 13.1 Å². The minimum Gasteiger partial charge on any atom is -0.362 e. The summed E-state index contributed by atoms with van der Waals surface area (Å²) in [6.45, 7) is 1.07. The maximum absolute atomic E-state index is 14.4. The molecule has 3 aliphatic heterocycles. The number of carbonyl (C=O) groups excluding carboxylic acids is 1. The second kappa shape index (κ2) is 8.98. The van der Waals surface area contributed by atoms with Crippen LogP contribution in [0.5, 0.6) is 0 Å². The van der Waals surface area contributed by atoms with Gasteiger partial charge in [0.15, 0.2) is 10.6 Å². The molecule has 0 bridgehead atoms. The van der Waals surface area contributed by atoms with Crippen molar-refractivity contribution in [2.24, 2.45) is 4.40 Å². The number of likely N-dealkylation sites (tertiary alicyclic amines) is 1. The van der Waals surface area contributed by atoms with Crippen molar-refractivity contribution in [1.82, 2.24) is 4.90 Å². The molecule has 0 radical (unpaired) electrons. The average Bonchev–Trinajstić information content (AvgIpc) is 3.49. The van der Waals surface area contributed by atoms with E-state index in [9.17, 15) is 22.4 Å². The molecule has 1 atom stereocenters. The zero-order valence-corrected chi connectivity index (χ0v) is 21.8. The number of hydrogen-bond acceptors (Lipinski definition) is 4. The number of halogens is 6. The summed E-state index contributed by atoms with van der Waals surface area (Å²) in [7, 11) is 0. The molecule has 196 valence electrons. The Labute approximate surface area is 229 Å². The van der Waals surface area contributed by atoms with Crippen LogP contribution in [0.3, 0.4) is 0 Å². The maximum atomic E-state index is 14.4. The lowest BCUT2D eigenvalue weighted by molar-refractivity contribution is -0.159. The molecule has 11 heteroatoms. The van der Waals surface area contributed by atoms with Crippen LogP contribution in [0, 0.1) is 5.82 Å². The van der Waals surface area contributed by atoms with E-state index in [1.165, 1.54) is 0 Å². The number of fused-ring (bicyclic) bond motifs is 2. The van der Waals surface area contributed by atoms with Crippen LogP contribution in [-0.2, 0) is 21.7 Å². The fourth-order valence-electron chi connectivity index (χ4n) is 5.22. The highest BCUT2D eigenvalue weighted by atomic mass is 35.5. The minimum absolute atomic E-state index is 0.0771. The van der Waals surface area contributed by atoms with E-state index in [1.54, 1.807) is 29.2 Å². The van der Waals surface area contributed by atoms with E-state index in [4.69, 9.17) is 27.9 Å². The van der Waals surface area contributed by atoms with Gasteiger partial charge >= 0.3 is 6.18 Å². The quantitative estimate of drug-likeness (QED) is 0.185. The minimum atomic E-state index is -4.71. The molecule has 0 saturated carbocycles. The normalized spacial score (nSPS) is 21.8. The molecule has 3 aromatic rings. The molecular weight excluding hydrogens is 563 g/mol. The summed E-state index contributed by atoms with van der Waals surface area (Å²) in [6.07, 6.45) is -5.18. The van der Waals surface area contributed by atoms with Gasteiger partial charge in [-0.1, -0.05) is 53.5 Å². The first-order chi connectivity index (χ1) is 18.0. The second-order valence-corrected chi connectivity index (χ2v) is 11.4. The number of nitrogens with zero attached hydrogens (tertiary/aromatic N) is 2. The molecule has 3 heterocycles. The van der Waals surface area contributed by atoms with Crippen molar-refractivity contribution < 1.29 is 27.1 Å². The molecule has 38 heavy (non-hydrogen) atoms. The van der Waals surface area contributed by atoms with Crippen molar-refractivity contribution in [3.63, 3.8) is 0 Å². The van der Waals surface area contributed by atoms with Crippen LogP contribution in [0.2, 0.25) is 10.0 Å². The fourth-order valence-corrected chi connectivity index (χ4v) is 6.67. The molecule has 1 unspecified atom stereocenters. The van der Waals surface area contributed by atoms with Crippen LogP contribution in [-0.4, -0.2) is 35.8 Å². The van der Waals surface area contributed by atoms with Gasteiger partial charge in [0.25, 0.3) is 5.91 Å². The highest BCUT2D eigenvalue weighted by Crippen LogP contribution is 2.57. The van der Waals surface area contributed by atoms with Gasteiger partial charge in [-0.3, -0.25) is 4.79 Å². The average molecular weight is 581 g/mol. The number of ether oxygens (including phenoxy) is 1. The van der Waals surface area contributed by atoms with Crippen molar-refractivity contribution in [1.29, 1.82) is 0 Å². The van der Waals surface area contributed by atoms with Gasteiger partial charge in [0.05, 0.1) is 35.5 Å². The van der Waals surface area contributed by atoms with Gasteiger partial charge in [-0.05, 0) is 64.5 Å². The van der Waals surface area contributed by atoms with Crippen molar-refractivity contribution in [2.45, 2.75) is 29.6 Å². The first-order valence-corrected chi connectivity index (χ1v) is 13.1. The Morgan fingerprint density at radius 3 is 2.37 bits per heavy atom. The van der Waals surface area contributed by atoms with Gasteiger partial charge in [0.1, 0.15) is 5.60 Å². The molecule has 1 amide bonds. The molecule has 3 aromatic carbocycles. The van der Waals surface area contributed by atoms with E-state index in [0.29, 0.717) is 36.2 Å². The lowest BCUT2D eigenvalue weighted by Crippen LogP contribution is -2.61. The Bertz CT molecular complexity index is 1470. The number of benzene rings is 3. The first-order valence-electron chi connectivity index (χ1n) is 11.6. The van der Waals surface area contributed by atoms with E-state index in [-0.39, 0.29) is 23.8 Å². The zero-order valence-electron chi connectivity index (χ0n) is 19.5. The molecule has 4 nitrogen and oxygen atoms in total. The summed E-state index contributed by atoms with van der Waals surface area (Å²) in [6, 6.07) is 16.3. The van der Waals surface area contributed by atoms with Gasteiger partial charge in [-0.15, -0.1) is 0 Å². The number of alkyl halides is 3.